The number of benzene rings is 1. The van der Waals surface area contributed by atoms with Crippen LogP contribution < -0.4 is 4.74 Å². The van der Waals surface area contributed by atoms with Gasteiger partial charge in [0.1, 0.15) is 11.1 Å². The molecule has 0 radical (unpaired) electrons. The molecule has 1 amide bonds. The number of carbonyl (C=O) groups excluding carboxylic acids is 2. The van der Waals surface area contributed by atoms with Crippen molar-refractivity contribution in [3.63, 3.8) is 0 Å². The molecule has 27 heavy (non-hydrogen) atoms. The second-order valence-corrected chi connectivity index (χ2v) is 7.40. The Kier molecular flexibility index (Phi) is 8.90. The fourth-order valence-electron chi connectivity index (χ4n) is 2.95. The van der Waals surface area contributed by atoms with Crippen molar-refractivity contribution in [2.75, 3.05) is 59.9 Å². The quantitative estimate of drug-likeness (QED) is 0.441. The largest absolute Gasteiger partial charge is 0.497 e. The third kappa shape index (κ3) is 6.41. The highest BCUT2D eigenvalue weighted by Crippen LogP contribution is 2.38. The van der Waals surface area contributed by atoms with E-state index in [0.717, 1.165) is 23.5 Å². The van der Waals surface area contributed by atoms with Gasteiger partial charge in [0, 0.05) is 32.6 Å². The molecule has 0 bridgehead atoms. The molecule has 1 atom stereocenters. The van der Waals surface area contributed by atoms with Crippen molar-refractivity contribution in [2.45, 2.75) is 11.8 Å². The molecule has 8 heteroatoms. The normalized spacial score (nSPS) is 16.6. The van der Waals surface area contributed by atoms with E-state index >= 15 is 0 Å². The Labute approximate surface area is 164 Å². The van der Waals surface area contributed by atoms with Crippen LogP contribution in [0.5, 0.6) is 5.75 Å². The van der Waals surface area contributed by atoms with Gasteiger partial charge in [-0.15, -0.1) is 11.8 Å². The van der Waals surface area contributed by atoms with Crippen molar-refractivity contribution in [1.82, 2.24) is 9.80 Å². The second-order valence-electron chi connectivity index (χ2n) is 6.22. The number of nitrogens with zero attached hydrogens (tertiary/aromatic N) is 2. The highest BCUT2D eigenvalue weighted by Gasteiger charge is 2.31. The summed E-state index contributed by atoms with van der Waals surface area (Å²) in [7, 11) is 4.62. The van der Waals surface area contributed by atoms with Gasteiger partial charge < -0.3 is 19.1 Å². The van der Waals surface area contributed by atoms with Gasteiger partial charge >= 0.3 is 5.97 Å². The zero-order valence-corrected chi connectivity index (χ0v) is 17.0. The summed E-state index contributed by atoms with van der Waals surface area (Å²) in [5.41, 5.74) is 1.07. The minimum absolute atomic E-state index is 0.0117. The summed E-state index contributed by atoms with van der Waals surface area (Å²) in [6.45, 7) is 2.17. The molecule has 7 nitrogen and oxygen atoms in total. The monoisotopic (exact) mass is 396 g/mol. The van der Waals surface area contributed by atoms with Crippen LogP contribution in [0.2, 0.25) is 0 Å². The minimum Gasteiger partial charge on any atom is -0.497 e. The molecule has 1 aliphatic heterocycles. The fraction of sp³-hybridized carbons (Fsp3) is 0.579. The van der Waals surface area contributed by atoms with Crippen LogP contribution in [0.25, 0.3) is 0 Å². The van der Waals surface area contributed by atoms with E-state index in [1.165, 1.54) is 7.11 Å². The molecule has 1 aromatic rings. The van der Waals surface area contributed by atoms with E-state index in [1.54, 1.807) is 26.0 Å². The third-order valence-electron chi connectivity index (χ3n) is 4.37. The number of hydrogen-bond donors (Lipinski definition) is 0. The maximum absolute atomic E-state index is 12.9. The summed E-state index contributed by atoms with van der Waals surface area (Å²) >= 11 is 1.75. The Morgan fingerprint density at radius 2 is 1.93 bits per heavy atom. The van der Waals surface area contributed by atoms with Crippen LogP contribution in [0, 0.1) is 0 Å². The average Bonchev–Trinajstić information content (AvgIpc) is 3.18. The number of thioether (sulfide) groups is 1. The van der Waals surface area contributed by atoms with Gasteiger partial charge in [-0.25, -0.2) is 0 Å². The zero-order valence-electron chi connectivity index (χ0n) is 16.2. The molecule has 0 saturated carbocycles. The summed E-state index contributed by atoms with van der Waals surface area (Å²) in [6, 6.07) is 7.80. The summed E-state index contributed by atoms with van der Waals surface area (Å²) in [5, 5.41) is -0.0117. The van der Waals surface area contributed by atoms with Crippen molar-refractivity contribution < 1.29 is 23.8 Å². The standard InChI is InChI=1S/C19H28N2O5S/c1-24-11-4-9-20(14-18(23)26-3)13-17(22)21-10-12-27-19(21)15-5-7-16(25-2)8-6-15/h5-8,19H,4,9-14H2,1-3H3/t19-/m0/s1. The number of rotatable bonds is 10. The van der Waals surface area contributed by atoms with Gasteiger partial charge in [0.25, 0.3) is 0 Å². The van der Waals surface area contributed by atoms with E-state index in [1.807, 2.05) is 34.1 Å². The van der Waals surface area contributed by atoms with Crippen LogP contribution in [0.15, 0.2) is 24.3 Å². The van der Waals surface area contributed by atoms with Gasteiger partial charge in [0.15, 0.2) is 0 Å². The van der Waals surface area contributed by atoms with Crippen LogP contribution in [-0.2, 0) is 19.1 Å². The van der Waals surface area contributed by atoms with E-state index in [0.29, 0.717) is 19.7 Å². The number of ether oxygens (including phenoxy) is 3. The van der Waals surface area contributed by atoms with Gasteiger partial charge in [-0.2, -0.15) is 0 Å². The predicted molar refractivity (Wildman–Crippen MR) is 105 cm³/mol. The topological polar surface area (TPSA) is 68.3 Å². The van der Waals surface area contributed by atoms with Crippen molar-refractivity contribution in [3.05, 3.63) is 29.8 Å². The van der Waals surface area contributed by atoms with Crippen molar-refractivity contribution in [1.29, 1.82) is 0 Å². The predicted octanol–water partition coefficient (Wildman–Crippen LogP) is 1.78. The van der Waals surface area contributed by atoms with E-state index in [9.17, 15) is 9.59 Å². The highest BCUT2D eigenvalue weighted by atomic mass is 32.2. The van der Waals surface area contributed by atoms with Crippen LogP contribution in [0.4, 0.5) is 0 Å². The minimum atomic E-state index is -0.345. The first-order chi connectivity index (χ1) is 13.1. The van der Waals surface area contributed by atoms with Gasteiger partial charge in [-0.1, -0.05) is 12.1 Å². The van der Waals surface area contributed by atoms with E-state index in [2.05, 4.69) is 0 Å². The molecule has 1 fully saturated rings. The number of methoxy groups -OCH3 is 3. The molecular formula is C19H28N2O5S. The number of carbonyl (C=O) groups is 2. The first kappa shape index (κ1) is 21.5. The maximum atomic E-state index is 12.9. The Morgan fingerprint density at radius 1 is 1.19 bits per heavy atom. The Hall–Kier alpha value is -1.77. The molecule has 1 saturated heterocycles. The van der Waals surface area contributed by atoms with Crippen molar-refractivity contribution in [2.24, 2.45) is 0 Å². The first-order valence-electron chi connectivity index (χ1n) is 8.92. The van der Waals surface area contributed by atoms with Gasteiger partial charge in [0.05, 0.1) is 27.3 Å². The summed E-state index contributed by atoms with van der Waals surface area (Å²) in [5.74, 6) is 1.36. The Morgan fingerprint density at radius 3 is 2.56 bits per heavy atom. The molecule has 0 aliphatic carbocycles. The molecule has 2 rings (SSSR count). The van der Waals surface area contributed by atoms with E-state index in [-0.39, 0.29) is 30.3 Å². The van der Waals surface area contributed by atoms with Crippen LogP contribution in [0.3, 0.4) is 0 Å². The molecule has 0 aromatic heterocycles. The van der Waals surface area contributed by atoms with Gasteiger partial charge in [0.2, 0.25) is 5.91 Å². The molecule has 0 N–H and O–H groups in total. The molecule has 1 heterocycles. The summed E-state index contributed by atoms with van der Waals surface area (Å²) < 4.78 is 15.0. The number of amides is 1. The van der Waals surface area contributed by atoms with Crippen LogP contribution in [-0.4, -0.2) is 81.5 Å². The zero-order chi connectivity index (χ0) is 19.6. The fourth-order valence-corrected chi connectivity index (χ4v) is 4.22. The van der Waals surface area contributed by atoms with Crippen molar-refractivity contribution in [3.8, 4) is 5.75 Å². The first-order valence-corrected chi connectivity index (χ1v) is 9.97. The molecule has 0 spiro atoms. The lowest BCUT2D eigenvalue weighted by molar-refractivity contribution is -0.143. The number of hydrogen-bond acceptors (Lipinski definition) is 7. The highest BCUT2D eigenvalue weighted by molar-refractivity contribution is 7.99. The Balaban J connectivity index is 2.01. The molecule has 1 aliphatic rings. The smallest absolute Gasteiger partial charge is 0.319 e. The van der Waals surface area contributed by atoms with Gasteiger partial charge in [-0.3, -0.25) is 14.5 Å². The summed E-state index contributed by atoms with van der Waals surface area (Å²) in [6.07, 6.45) is 0.747. The maximum Gasteiger partial charge on any atom is 0.319 e. The van der Waals surface area contributed by atoms with Crippen LogP contribution >= 0.6 is 11.8 Å². The Bertz CT molecular complexity index is 611. The SMILES string of the molecule is COCCCN(CC(=O)OC)CC(=O)N1CCS[C@H]1c1ccc(OC)cc1. The molecular weight excluding hydrogens is 368 g/mol. The van der Waals surface area contributed by atoms with E-state index < -0.39 is 0 Å². The molecule has 150 valence electrons. The van der Waals surface area contributed by atoms with Crippen molar-refractivity contribution >= 4 is 23.6 Å². The molecule has 1 aromatic carbocycles. The third-order valence-corrected chi connectivity index (χ3v) is 5.63. The summed E-state index contributed by atoms with van der Waals surface area (Å²) in [4.78, 5) is 28.3. The lowest BCUT2D eigenvalue weighted by Crippen LogP contribution is -2.42. The lowest BCUT2D eigenvalue weighted by atomic mass is 10.2. The lowest BCUT2D eigenvalue weighted by Gasteiger charge is -2.28. The number of esters is 1. The second kappa shape index (κ2) is 11.2. The average molecular weight is 397 g/mol. The van der Waals surface area contributed by atoms with Crippen LogP contribution in [0.1, 0.15) is 17.4 Å². The molecule has 0 unspecified atom stereocenters. The van der Waals surface area contributed by atoms with E-state index in [4.69, 9.17) is 14.2 Å². The van der Waals surface area contributed by atoms with Gasteiger partial charge in [-0.05, 0) is 24.1 Å².